The Morgan fingerprint density at radius 3 is 2.27 bits per heavy atom. The Bertz CT molecular complexity index is 918. The first-order valence-electron chi connectivity index (χ1n) is 12.4. The van der Waals surface area contributed by atoms with Gasteiger partial charge in [-0.25, -0.2) is 0 Å². The van der Waals surface area contributed by atoms with Crippen LogP contribution < -0.4 is 5.32 Å². The Morgan fingerprint density at radius 1 is 0.939 bits per heavy atom. The lowest BCUT2D eigenvalue weighted by Crippen LogP contribution is -2.33. The van der Waals surface area contributed by atoms with E-state index in [4.69, 9.17) is 0 Å². The fourth-order valence-corrected chi connectivity index (χ4v) is 5.56. The number of hydrogen-bond donors (Lipinski definition) is 2. The molecule has 2 aromatic carbocycles. The van der Waals surface area contributed by atoms with E-state index in [-0.39, 0.29) is 29.4 Å². The maximum atomic E-state index is 13.1. The number of carbonyl (C=O) groups is 2. The van der Waals surface area contributed by atoms with Gasteiger partial charge in [-0.3, -0.25) is 14.5 Å². The molecule has 1 aliphatic heterocycles. The van der Waals surface area contributed by atoms with E-state index in [0.29, 0.717) is 30.5 Å². The molecule has 1 amide bonds. The molecule has 0 unspecified atom stereocenters. The van der Waals surface area contributed by atoms with Crippen molar-refractivity contribution in [3.63, 3.8) is 0 Å². The number of aromatic hydroxyl groups is 1. The first-order valence-corrected chi connectivity index (χ1v) is 12.4. The standard InChI is InChI=1S/C28H36N2O3/c1-20-17-30(18-26(20)28(33)29-24-13-15-25(31)16-14-24)19-27(32)23-11-5-9-22(10-6-12-23)21-7-3-2-4-8-21/h2-4,7-8,13-16,20,22-23,26,31H,5-6,9-12,17-19H2,1H3,(H,29,33)/t20-,22?,23?,26-/m0/s1. The Morgan fingerprint density at radius 2 is 1.61 bits per heavy atom. The monoisotopic (exact) mass is 448 g/mol. The number of nitrogens with one attached hydrogen (secondary N) is 1. The molecule has 1 saturated heterocycles. The van der Waals surface area contributed by atoms with Gasteiger partial charge in [-0.15, -0.1) is 0 Å². The fraction of sp³-hybridized carbons (Fsp3) is 0.500. The molecule has 0 spiro atoms. The summed E-state index contributed by atoms with van der Waals surface area (Å²) in [5, 5.41) is 12.4. The largest absolute Gasteiger partial charge is 0.508 e. The number of nitrogens with zero attached hydrogens (tertiary/aromatic N) is 1. The lowest BCUT2D eigenvalue weighted by Gasteiger charge is -2.25. The summed E-state index contributed by atoms with van der Waals surface area (Å²) in [5.74, 6) is 1.36. The summed E-state index contributed by atoms with van der Waals surface area (Å²) < 4.78 is 0. The molecule has 2 N–H and O–H groups in total. The van der Waals surface area contributed by atoms with E-state index in [2.05, 4.69) is 47.5 Å². The number of ketones is 1. The number of carbonyl (C=O) groups excluding carboxylic acids is 2. The number of phenols is 1. The highest BCUT2D eigenvalue weighted by molar-refractivity contribution is 5.93. The third kappa shape index (κ3) is 6.23. The average molecular weight is 449 g/mol. The third-order valence-corrected chi connectivity index (χ3v) is 7.48. The molecule has 2 aromatic rings. The second kappa shape index (κ2) is 11.0. The van der Waals surface area contributed by atoms with Crippen molar-refractivity contribution in [2.75, 3.05) is 25.0 Å². The van der Waals surface area contributed by atoms with Crippen molar-refractivity contribution in [3.8, 4) is 5.75 Å². The van der Waals surface area contributed by atoms with E-state index in [1.54, 1.807) is 24.3 Å². The van der Waals surface area contributed by atoms with Gasteiger partial charge in [0.15, 0.2) is 0 Å². The van der Waals surface area contributed by atoms with Crippen LogP contribution in [0.15, 0.2) is 54.6 Å². The molecule has 5 nitrogen and oxygen atoms in total. The molecular formula is C28H36N2O3. The van der Waals surface area contributed by atoms with Crippen LogP contribution in [0.4, 0.5) is 5.69 Å². The number of hydrogen-bond acceptors (Lipinski definition) is 4. The smallest absolute Gasteiger partial charge is 0.229 e. The molecule has 2 atom stereocenters. The fourth-order valence-electron chi connectivity index (χ4n) is 5.56. The highest BCUT2D eigenvalue weighted by Gasteiger charge is 2.36. The SMILES string of the molecule is C[C@H]1CN(CC(=O)C2CCCC(c3ccccc3)CCC2)C[C@@H]1C(=O)Nc1ccc(O)cc1. The second-order valence-corrected chi connectivity index (χ2v) is 9.95. The lowest BCUT2D eigenvalue weighted by atomic mass is 9.81. The number of amides is 1. The molecule has 1 saturated carbocycles. The van der Waals surface area contributed by atoms with E-state index in [1.807, 2.05) is 0 Å². The summed E-state index contributed by atoms with van der Waals surface area (Å²) in [6.07, 6.45) is 6.49. The van der Waals surface area contributed by atoms with Crippen molar-refractivity contribution in [3.05, 3.63) is 60.2 Å². The van der Waals surface area contributed by atoms with Crippen molar-refractivity contribution < 1.29 is 14.7 Å². The van der Waals surface area contributed by atoms with Gasteiger partial charge in [0.1, 0.15) is 11.5 Å². The molecule has 4 rings (SSSR count). The quantitative estimate of drug-likeness (QED) is 0.594. The van der Waals surface area contributed by atoms with Crippen LogP contribution in [0.25, 0.3) is 0 Å². The van der Waals surface area contributed by atoms with Gasteiger partial charge in [-0.1, -0.05) is 50.1 Å². The van der Waals surface area contributed by atoms with Crippen LogP contribution in [0.3, 0.4) is 0 Å². The summed E-state index contributed by atoms with van der Waals surface area (Å²) in [6, 6.07) is 17.3. The molecule has 0 bridgehead atoms. The minimum Gasteiger partial charge on any atom is -0.508 e. The normalized spacial score (nSPS) is 26.3. The number of likely N-dealkylation sites (tertiary alicyclic amines) is 1. The zero-order valence-electron chi connectivity index (χ0n) is 19.6. The van der Waals surface area contributed by atoms with E-state index in [1.165, 1.54) is 5.56 Å². The first kappa shape index (κ1) is 23.5. The van der Waals surface area contributed by atoms with Gasteiger partial charge in [-0.2, -0.15) is 0 Å². The molecule has 176 valence electrons. The van der Waals surface area contributed by atoms with E-state index >= 15 is 0 Å². The summed E-state index contributed by atoms with van der Waals surface area (Å²) in [6.45, 7) is 3.95. The van der Waals surface area contributed by atoms with Crippen molar-refractivity contribution in [1.82, 2.24) is 4.90 Å². The van der Waals surface area contributed by atoms with Crippen molar-refractivity contribution in [1.29, 1.82) is 0 Å². The van der Waals surface area contributed by atoms with Crippen LogP contribution in [0.2, 0.25) is 0 Å². The van der Waals surface area contributed by atoms with Crippen LogP contribution >= 0.6 is 0 Å². The molecule has 1 aliphatic carbocycles. The van der Waals surface area contributed by atoms with Crippen LogP contribution in [0.5, 0.6) is 5.75 Å². The highest BCUT2D eigenvalue weighted by Crippen LogP contribution is 2.33. The molecule has 2 aliphatic rings. The predicted octanol–water partition coefficient (Wildman–Crippen LogP) is 5.22. The lowest BCUT2D eigenvalue weighted by molar-refractivity contribution is -0.125. The number of phenolic OH excluding ortho intramolecular Hbond substituents is 1. The van der Waals surface area contributed by atoms with Gasteiger partial charge in [0.25, 0.3) is 0 Å². The van der Waals surface area contributed by atoms with Crippen molar-refractivity contribution >= 4 is 17.4 Å². The molecule has 1 heterocycles. The minimum absolute atomic E-state index is 0.0129. The maximum absolute atomic E-state index is 13.1. The molecule has 0 aromatic heterocycles. The minimum atomic E-state index is -0.129. The van der Waals surface area contributed by atoms with Gasteiger partial charge >= 0.3 is 0 Å². The first-order chi connectivity index (χ1) is 16.0. The van der Waals surface area contributed by atoms with Gasteiger partial charge in [0.2, 0.25) is 5.91 Å². The van der Waals surface area contributed by atoms with Crippen LogP contribution in [-0.4, -0.2) is 41.3 Å². The van der Waals surface area contributed by atoms with Crippen molar-refractivity contribution in [2.45, 2.75) is 51.4 Å². The number of anilines is 1. The predicted molar refractivity (Wildman–Crippen MR) is 131 cm³/mol. The Labute approximate surface area is 197 Å². The van der Waals surface area contributed by atoms with Gasteiger partial charge < -0.3 is 10.4 Å². The van der Waals surface area contributed by atoms with Crippen LogP contribution in [0, 0.1) is 17.8 Å². The summed E-state index contributed by atoms with van der Waals surface area (Å²) in [7, 11) is 0. The van der Waals surface area contributed by atoms with Crippen LogP contribution in [0.1, 0.15) is 56.9 Å². The second-order valence-electron chi connectivity index (χ2n) is 9.95. The Balaban J connectivity index is 1.25. The van der Waals surface area contributed by atoms with Gasteiger partial charge in [-0.05, 0) is 67.3 Å². The zero-order valence-corrected chi connectivity index (χ0v) is 19.6. The van der Waals surface area contributed by atoms with Crippen LogP contribution in [-0.2, 0) is 9.59 Å². The van der Waals surface area contributed by atoms with E-state index in [9.17, 15) is 14.7 Å². The highest BCUT2D eigenvalue weighted by atomic mass is 16.3. The topological polar surface area (TPSA) is 69.6 Å². The van der Waals surface area contributed by atoms with E-state index in [0.717, 1.165) is 45.1 Å². The third-order valence-electron chi connectivity index (χ3n) is 7.48. The van der Waals surface area contributed by atoms with Gasteiger partial charge in [0, 0.05) is 24.7 Å². The zero-order chi connectivity index (χ0) is 23.2. The van der Waals surface area contributed by atoms with Crippen molar-refractivity contribution in [2.24, 2.45) is 17.8 Å². The van der Waals surface area contributed by atoms with E-state index < -0.39 is 0 Å². The number of rotatable bonds is 6. The summed E-state index contributed by atoms with van der Waals surface area (Å²) >= 11 is 0. The molecular weight excluding hydrogens is 412 g/mol. The summed E-state index contributed by atoms with van der Waals surface area (Å²) in [4.78, 5) is 28.1. The summed E-state index contributed by atoms with van der Waals surface area (Å²) in [5.41, 5.74) is 2.12. The Hall–Kier alpha value is -2.66. The molecule has 5 heteroatoms. The maximum Gasteiger partial charge on any atom is 0.229 e. The molecule has 33 heavy (non-hydrogen) atoms. The molecule has 2 fully saturated rings. The van der Waals surface area contributed by atoms with Gasteiger partial charge in [0.05, 0.1) is 12.5 Å². The number of benzene rings is 2. The average Bonchev–Trinajstić information content (AvgIpc) is 3.16. The number of Topliss-reactive ketones (excluding diaryl/α,β-unsaturated/α-hetero) is 1. The molecule has 0 radical (unpaired) electrons. The Kier molecular flexibility index (Phi) is 7.81.